The van der Waals surface area contributed by atoms with Crippen LogP contribution in [0.2, 0.25) is 0 Å². The number of hydrogen-bond acceptors (Lipinski definition) is 3. The predicted molar refractivity (Wildman–Crippen MR) is 110 cm³/mol. The number of carbonyl (C=O) groups is 1. The van der Waals surface area contributed by atoms with Crippen molar-refractivity contribution in [2.75, 3.05) is 19.7 Å². The summed E-state index contributed by atoms with van der Waals surface area (Å²) in [6.07, 6.45) is 8.52. The monoisotopic (exact) mass is 365 g/mol. The molecule has 0 N–H and O–H groups in total. The van der Waals surface area contributed by atoms with Crippen molar-refractivity contribution in [3.05, 3.63) is 71.8 Å². The Balaban J connectivity index is 1.36. The number of benzene rings is 2. The Labute approximate surface area is 163 Å². The van der Waals surface area contributed by atoms with Gasteiger partial charge in [-0.3, -0.25) is 0 Å². The summed E-state index contributed by atoms with van der Waals surface area (Å²) < 4.78 is 5.43. The maximum atomic E-state index is 12.0. The van der Waals surface area contributed by atoms with Crippen molar-refractivity contribution in [1.29, 1.82) is 0 Å². The Morgan fingerprint density at radius 1 is 0.963 bits per heavy atom. The molecule has 3 nitrogen and oxygen atoms in total. The predicted octanol–water partition coefficient (Wildman–Crippen LogP) is 5.11. The van der Waals surface area contributed by atoms with E-state index in [1.807, 2.05) is 18.2 Å². The lowest BCUT2D eigenvalue weighted by Gasteiger charge is -2.36. The topological polar surface area (TPSA) is 29.5 Å². The third-order valence-electron chi connectivity index (χ3n) is 5.43. The molecule has 1 fully saturated rings. The quantitative estimate of drug-likeness (QED) is 0.457. The molecule has 27 heavy (non-hydrogen) atoms. The van der Waals surface area contributed by atoms with E-state index in [1.165, 1.54) is 50.6 Å². The molecule has 3 rings (SSSR count). The highest BCUT2D eigenvalue weighted by atomic mass is 16.5. The molecule has 1 atom stereocenters. The first-order valence-corrected chi connectivity index (χ1v) is 10.3. The van der Waals surface area contributed by atoms with E-state index in [4.69, 9.17) is 4.74 Å². The molecule has 1 aliphatic rings. The molecule has 1 heterocycles. The van der Waals surface area contributed by atoms with E-state index < -0.39 is 0 Å². The van der Waals surface area contributed by atoms with Crippen molar-refractivity contribution in [2.45, 2.75) is 51.0 Å². The molecule has 3 heteroatoms. The maximum Gasteiger partial charge on any atom is 0.338 e. The summed E-state index contributed by atoms with van der Waals surface area (Å²) in [5.41, 5.74) is 2.07. The summed E-state index contributed by atoms with van der Waals surface area (Å²) in [4.78, 5) is 14.6. The minimum Gasteiger partial charge on any atom is -0.462 e. The lowest BCUT2D eigenvalue weighted by Crippen LogP contribution is -2.40. The van der Waals surface area contributed by atoms with Gasteiger partial charge in [-0.1, -0.05) is 55.0 Å². The molecule has 0 bridgehead atoms. The summed E-state index contributed by atoms with van der Waals surface area (Å²) in [7, 11) is 0. The first-order valence-electron chi connectivity index (χ1n) is 10.3. The second-order valence-electron chi connectivity index (χ2n) is 7.42. The van der Waals surface area contributed by atoms with E-state index in [9.17, 15) is 4.79 Å². The fourth-order valence-corrected chi connectivity index (χ4v) is 3.96. The molecule has 0 aromatic heterocycles. The second-order valence-corrected chi connectivity index (χ2v) is 7.42. The van der Waals surface area contributed by atoms with Gasteiger partial charge < -0.3 is 9.64 Å². The third kappa shape index (κ3) is 6.51. The zero-order valence-electron chi connectivity index (χ0n) is 16.2. The first kappa shape index (κ1) is 19.6. The molecule has 144 valence electrons. The van der Waals surface area contributed by atoms with Crippen LogP contribution in [0.3, 0.4) is 0 Å². The average molecular weight is 366 g/mol. The van der Waals surface area contributed by atoms with Crippen LogP contribution < -0.4 is 0 Å². The molecule has 0 spiro atoms. The Kier molecular flexibility index (Phi) is 7.91. The van der Waals surface area contributed by atoms with Gasteiger partial charge in [-0.25, -0.2) is 4.79 Å². The summed E-state index contributed by atoms with van der Waals surface area (Å²) in [5, 5.41) is 0. The number of ether oxygens (including phenoxy) is 1. The lowest BCUT2D eigenvalue weighted by molar-refractivity contribution is 0.0470. The van der Waals surface area contributed by atoms with Crippen LogP contribution in [0.4, 0.5) is 0 Å². The Hall–Kier alpha value is -2.13. The highest BCUT2D eigenvalue weighted by Gasteiger charge is 2.21. The molecule has 1 aliphatic heterocycles. The van der Waals surface area contributed by atoms with Crippen LogP contribution in [0, 0.1) is 0 Å². The van der Waals surface area contributed by atoms with Crippen molar-refractivity contribution < 1.29 is 9.53 Å². The highest BCUT2D eigenvalue weighted by molar-refractivity contribution is 5.89. The number of nitrogens with zero attached hydrogens (tertiary/aromatic N) is 1. The summed E-state index contributed by atoms with van der Waals surface area (Å²) in [6, 6.07) is 20.7. The number of piperidine rings is 1. The lowest BCUT2D eigenvalue weighted by atomic mass is 9.96. The van der Waals surface area contributed by atoms with Crippen molar-refractivity contribution in [2.24, 2.45) is 0 Å². The van der Waals surface area contributed by atoms with Crippen LogP contribution >= 0.6 is 0 Å². The van der Waals surface area contributed by atoms with E-state index >= 15 is 0 Å². The Bertz CT molecular complexity index is 671. The van der Waals surface area contributed by atoms with E-state index in [-0.39, 0.29) is 5.97 Å². The summed E-state index contributed by atoms with van der Waals surface area (Å²) in [5.74, 6) is -0.214. The van der Waals surface area contributed by atoms with Gasteiger partial charge in [0.15, 0.2) is 0 Å². The third-order valence-corrected chi connectivity index (χ3v) is 5.43. The molecule has 0 amide bonds. The zero-order valence-corrected chi connectivity index (χ0v) is 16.2. The summed E-state index contributed by atoms with van der Waals surface area (Å²) >= 11 is 0. The second kappa shape index (κ2) is 10.9. The minimum atomic E-state index is -0.214. The minimum absolute atomic E-state index is 0.214. The molecule has 0 radical (unpaired) electrons. The largest absolute Gasteiger partial charge is 0.462 e. The number of carbonyl (C=O) groups excluding carboxylic acids is 1. The average Bonchev–Trinajstić information content (AvgIpc) is 2.73. The Morgan fingerprint density at radius 3 is 2.48 bits per heavy atom. The van der Waals surface area contributed by atoms with Gasteiger partial charge in [0.25, 0.3) is 0 Å². The number of aryl methyl sites for hydroxylation is 1. The van der Waals surface area contributed by atoms with Crippen molar-refractivity contribution in [3.8, 4) is 0 Å². The molecule has 2 aromatic carbocycles. The summed E-state index contributed by atoms with van der Waals surface area (Å²) in [6.45, 7) is 2.71. The SMILES string of the molecule is O=C(OCCCN1CCCCC1CCCc1ccccc1)c1ccccc1. The highest BCUT2D eigenvalue weighted by Crippen LogP contribution is 2.22. The van der Waals surface area contributed by atoms with Gasteiger partial charge >= 0.3 is 5.97 Å². The smallest absolute Gasteiger partial charge is 0.338 e. The number of hydrogen-bond donors (Lipinski definition) is 0. The molecule has 2 aromatic rings. The van der Waals surface area contributed by atoms with Crippen molar-refractivity contribution in [1.82, 2.24) is 4.90 Å². The van der Waals surface area contributed by atoms with Crippen molar-refractivity contribution in [3.63, 3.8) is 0 Å². The van der Waals surface area contributed by atoms with Crippen LogP contribution in [0.25, 0.3) is 0 Å². The van der Waals surface area contributed by atoms with Crippen molar-refractivity contribution >= 4 is 5.97 Å². The van der Waals surface area contributed by atoms with Crippen LogP contribution in [0.1, 0.15) is 54.4 Å². The standard InChI is InChI=1S/C24H31NO2/c26-24(22-14-5-2-6-15-22)27-20-10-19-25-18-8-7-16-23(25)17-9-13-21-11-3-1-4-12-21/h1-6,11-12,14-15,23H,7-10,13,16-20H2. The number of rotatable bonds is 9. The molecular formula is C24H31NO2. The fraction of sp³-hybridized carbons (Fsp3) is 0.458. The number of likely N-dealkylation sites (tertiary alicyclic amines) is 1. The molecular weight excluding hydrogens is 334 g/mol. The van der Waals surface area contributed by atoms with Gasteiger partial charge in [-0.15, -0.1) is 0 Å². The van der Waals surface area contributed by atoms with Gasteiger partial charge in [0.2, 0.25) is 0 Å². The van der Waals surface area contributed by atoms with Gasteiger partial charge in [-0.05, 0) is 62.8 Å². The number of esters is 1. The molecule has 0 aliphatic carbocycles. The van der Waals surface area contributed by atoms with E-state index in [0.717, 1.165) is 13.0 Å². The molecule has 0 saturated carbocycles. The normalized spacial score (nSPS) is 17.6. The van der Waals surface area contributed by atoms with Crippen LogP contribution in [-0.2, 0) is 11.2 Å². The van der Waals surface area contributed by atoms with E-state index in [1.54, 1.807) is 12.1 Å². The fourth-order valence-electron chi connectivity index (χ4n) is 3.96. The van der Waals surface area contributed by atoms with Gasteiger partial charge in [-0.2, -0.15) is 0 Å². The van der Waals surface area contributed by atoms with Gasteiger partial charge in [0.1, 0.15) is 0 Å². The van der Waals surface area contributed by atoms with Gasteiger partial charge in [0, 0.05) is 12.6 Å². The van der Waals surface area contributed by atoms with Crippen LogP contribution in [0.15, 0.2) is 60.7 Å². The molecule has 1 saturated heterocycles. The van der Waals surface area contributed by atoms with E-state index in [2.05, 4.69) is 35.2 Å². The van der Waals surface area contributed by atoms with Gasteiger partial charge in [0.05, 0.1) is 12.2 Å². The maximum absolute atomic E-state index is 12.0. The zero-order chi connectivity index (χ0) is 18.7. The first-order chi connectivity index (χ1) is 13.3. The Morgan fingerprint density at radius 2 is 1.70 bits per heavy atom. The van der Waals surface area contributed by atoms with Crippen LogP contribution in [-0.4, -0.2) is 36.6 Å². The molecule has 1 unspecified atom stereocenters. The van der Waals surface area contributed by atoms with Crippen LogP contribution in [0.5, 0.6) is 0 Å². The van der Waals surface area contributed by atoms with E-state index in [0.29, 0.717) is 18.2 Å².